The molecule has 0 radical (unpaired) electrons. The number of thiazole rings is 1. The smallest absolute Gasteiger partial charge is 0.356 e. The van der Waals surface area contributed by atoms with Crippen LogP contribution in [0.3, 0.4) is 0 Å². The van der Waals surface area contributed by atoms with Crippen molar-refractivity contribution in [3.8, 4) is 0 Å². The van der Waals surface area contributed by atoms with Crippen molar-refractivity contribution < 1.29 is 18.3 Å². The van der Waals surface area contributed by atoms with Gasteiger partial charge in [-0.3, -0.25) is 0 Å². The van der Waals surface area contributed by atoms with E-state index in [4.69, 9.17) is 5.11 Å². The zero-order chi connectivity index (χ0) is 15.3. The highest BCUT2D eigenvalue weighted by Gasteiger charge is 2.25. The standard InChI is InChI=1S/C12H19N3O4S2/c16-11(17)10-12(20-9-13-10)21(18,19)14-5-8-15-6-3-1-2-4-7-15/h9,14H,1-8H2,(H,16,17). The van der Waals surface area contributed by atoms with E-state index >= 15 is 0 Å². The molecule has 7 nitrogen and oxygen atoms in total. The summed E-state index contributed by atoms with van der Waals surface area (Å²) < 4.78 is 26.4. The maximum Gasteiger partial charge on any atom is 0.356 e. The number of carboxylic acids is 1. The molecule has 1 saturated heterocycles. The number of hydrogen-bond donors (Lipinski definition) is 2. The maximum absolute atomic E-state index is 12.1. The van der Waals surface area contributed by atoms with Gasteiger partial charge in [-0.25, -0.2) is 22.9 Å². The summed E-state index contributed by atoms with van der Waals surface area (Å²) in [6.07, 6.45) is 4.74. The molecule has 0 unspecified atom stereocenters. The second-order valence-corrected chi connectivity index (χ2v) is 7.76. The van der Waals surface area contributed by atoms with E-state index in [1.165, 1.54) is 18.4 Å². The minimum atomic E-state index is -3.80. The number of likely N-dealkylation sites (tertiary alicyclic amines) is 1. The quantitative estimate of drug-likeness (QED) is 0.805. The molecule has 2 N–H and O–H groups in total. The average molecular weight is 333 g/mol. The van der Waals surface area contributed by atoms with E-state index in [2.05, 4.69) is 14.6 Å². The summed E-state index contributed by atoms with van der Waals surface area (Å²) in [6.45, 7) is 2.89. The molecule has 2 heterocycles. The van der Waals surface area contributed by atoms with E-state index in [0.717, 1.165) is 37.3 Å². The molecule has 1 aromatic heterocycles. The Kier molecular flexibility index (Phi) is 5.68. The second-order valence-electron chi connectivity index (χ2n) is 4.95. The van der Waals surface area contributed by atoms with E-state index < -0.39 is 21.7 Å². The number of carboxylic acid groups (broad SMARTS) is 1. The van der Waals surface area contributed by atoms with Crippen molar-refractivity contribution in [3.05, 3.63) is 11.2 Å². The fourth-order valence-electron chi connectivity index (χ4n) is 2.33. The maximum atomic E-state index is 12.1. The number of rotatable bonds is 6. The lowest BCUT2D eigenvalue weighted by Gasteiger charge is -2.19. The summed E-state index contributed by atoms with van der Waals surface area (Å²) in [7, 11) is -3.80. The third-order valence-corrected chi connectivity index (χ3v) is 6.23. The number of nitrogens with zero attached hydrogens (tertiary/aromatic N) is 2. The highest BCUT2D eigenvalue weighted by molar-refractivity contribution is 7.91. The van der Waals surface area contributed by atoms with Crippen molar-refractivity contribution in [3.63, 3.8) is 0 Å². The van der Waals surface area contributed by atoms with Crippen molar-refractivity contribution in [1.82, 2.24) is 14.6 Å². The van der Waals surface area contributed by atoms with Crippen LogP contribution in [0.25, 0.3) is 0 Å². The molecule has 118 valence electrons. The van der Waals surface area contributed by atoms with Crippen LogP contribution >= 0.6 is 11.3 Å². The average Bonchev–Trinajstić information content (AvgIpc) is 2.79. The van der Waals surface area contributed by atoms with Gasteiger partial charge in [-0.2, -0.15) is 0 Å². The molecule has 9 heteroatoms. The molecule has 1 aliphatic rings. The number of nitrogens with one attached hydrogen (secondary N) is 1. The van der Waals surface area contributed by atoms with Crippen LogP contribution in [-0.2, 0) is 10.0 Å². The zero-order valence-electron chi connectivity index (χ0n) is 11.6. The predicted molar refractivity (Wildman–Crippen MR) is 79.2 cm³/mol. The molecule has 1 fully saturated rings. The summed E-state index contributed by atoms with van der Waals surface area (Å²) in [6, 6.07) is 0. The Morgan fingerprint density at radius 1 is 1.33 bits per heavy atom. The van der Waals surface area contributed by atoms with Gasteiger partial charge in [0.1, 0.15) is 0 Å². The summed E-state index contributed by atoms with van der Waals surface area (Å²) in [5, 5.41) is 8.92. The highest BCUT2D eigenvalue weighted by atomic mass is 32.2. The molecule has 0 aromatic carbocycles. The number of sulfonamides is 1. The molecule has 1 aliphatic heterocycles. The fraction of sp³-hybridized carbons (Fsp3) is 0.667. The summed E-state index contributed by atoms with van der Waals surface area (Å²) in [5.41, 5.74) is 0.814. The molecule has 0 aliphatic carbocycles. The van der Waals surface area contributed by atoms with Crippen molar-refractivity contribution >= 4 is 27.3 Å². The SMILES string of the molecule is O=C(O)c1ncsc1S(=O)(=O)NCCN1CCCCCC1. The molecule has 0 bridgehead atoms. The summed E-state index contributed by atoms with van der Waals surface area (Å²) in [4.78, 5) is 16.8. The normalized spacial score (nSPS) is 17.5. The minimum Gasteiger partial charge on any atom is -0.476 e. The van der Waals surface area contributed by atoms with Gasteiger partial charge in [-0.15, -0.1) is 11.3 Å². The highest BCUT2D eigenvalue weighted by Crippen LogP contribution is 2.19. The third kappa shape index (κ3) is 4.47. The first-order chi connectivity index (χ1) is 10.0. The molecule has 1 aromatic rings. The van der Waals surface area contributed by atoms with Crippen molar-refractivity contribution in [2.45, 2.75) is 29.9 Å². The van der Waals surface area contributed by atoms with E-state index in [1.54, 1.807) is 0 Å². The fourth-order valence-corrected chi connectivity index (χ4v) is 4.54. The lowest BCUT2D eigenvalue weighted by Crippen LogP contribution is -2.35. The Bertz CT molecular complexity index is 577. The van der Waals surface area contributed by atoms with Crippen LogP contribution in [0.5, 0.6) is 0 Å². The van der Waals surface area contributed by atoms with Gasteiger partial charge >= 0.3 is 5.97 Å². The minimum absolute atomic E-state index is 0.231. The van der Waals surface area contributed by atoms with Crippen LogP contribution in [0.4, 0.5) is 0 Å². The molecular formula is C12H19N3O4S2. The van der Waals surface area contributed by atoms with Gasteiger partial charge in [0.2, 0.25) is 0 Å². The Morgan fingerprint density at radius 2 is 2.00 bits per heavy atom. The van der Waals surface area contributed by atoms with E-state index in [9.17, 15) is 13.2 Å². The first kappa shape index (κ1) is 16.3. The largest absolute Gasteiger partial charge is 0.476 e. The Balaban J connectivity index is 1.92. The van der Waals surface area contributed by atoms with Crippen LogP contribution < -0.4 is 4.72 Å². The van der Waals surface area contributed by atoms with Gasteiger partial charge in [0.15, 0.2) is 9.90 Å². The van der Waals surface area contributed by atoms with Gasteiger partial charge < -0.3 is 10.0 Å². The molecule has 0 saturated carbocycles. The number of hydrogen-bond acceptors (Lipinski definition) is 6. The summed E-state index contributed by atoms with van der Waals surface area (Å²) in [5.74, 6) is -1.33. The molecular weight excluding hydrogens is 314 g/mol. The van der Waals surface area contributed by atoms with E-state index in [0.29, 0.717) is 6.54 Å². The van der Waals surface area contributed by atoms with Gasteiger partial charge in [-0.05, 0) is 25.9 Å². The third-order valence-electron chi connectivity index (χ3n) is 3.40. The van der Waals surface area contributed by atoms with Gasteiger partial charge in [-0.1, -0.05) is 12.8 Å². The number of aromatic nitrogens is 1. The monoisotopic (exact) mass is 333 g/mol. The van der Waals surface area contributed by atoms with Gasteiger partial charge in [0.05, 0.1) is 5.51 Å². The summed E-state index contributed by atoms with van der Waals surface area (Å²) >= 11 is 0.818. The Morgan fingerprint density at radius 3 is 2.62 bits per heavy atom. The lowest BCUT2D eigenvalue weighted by molar-refractivity contribution is 0.0687. The van der Waals surface area contributed by atoms with E-state index in [1.807, 2.05) is 0 Å². The number of carbonyl (C=O) groups is 1. The zero-order valence-corrected chi connectivity index (χ0v) is 13.3. The van der Waals surface area contributed by atoms with Crippen LogP contribution in [0.15, 0.2) is 9.72 Å². The molecule has 0 amide bonds. The second kappa shape index (κ2) is 7.30. The van der Waals surface area contributed by atoms with Crippen LogP contribution in [0.1, 0.15) is 36.2 Å². The van der Waals surface area contributed by atoms with Gasteiger partial charge in [0.25, 0.3) is 10.0 Å². The molecule has 0 atom stereocenters. The van der Waals surface area contributed by atoms with Crippen molar-refractivity contribution in [1.29, 1.82) is 0 Å². The topological polar surface area (TPSA) is 99.6 Å². The van der Waals surface area contributed by atoms with E-state index in [-0.39, 0.29) is 10.8 Å². The Hall–Kier alpha value is -1.03. The van der Waals surface area contributed by atoms with Crippen LogP contribution in [0.2, 0.25) is 0 Å². The van der Waals surface area contributed by atoms with Crippen LogP contribution in [-0.4, -0.2) is 55.6 Å². The predicted octanol–water partition coefficient (Wildman–Crippen LogP) is 0.996. The van der Waals surface area contributed by atoms with Crippen molar-refractivity contribution in [2.75, 3.05) is 26.2 Å². The number of aromatic carboxylic acids is 1. The Labute approximate surface area is 128 Å². The van der Waals surface area contributed by atoms with Crippen molar-refractivity contribution in [2.24, 2.45) is 0 Å². The lowest BCUT2D eigenvalue weighted by atomic mass is 10.2. The molecule has 2 rings (SSSR count). The molecule has 0 spiro atoms. The van der Waals surface area contributed by atoms with Crippen LogP contribution in [0, 0.1) is 0 Å². The molecule has 21 heavy (non-hydrogen) atoms. The first-order valence-corrected chi connectivity index (χ1v) is 9.26. The first-order valence-electron chi connectivity index (χ1n) is 6.89. The van der Waals surface area contributed by atoms with Gasteiger partial charge in [0, 0.05) is 13.1 Å².